The molecule has 0 saturated heterocycles. The predicted molar refractivity (Wildman–Crippen MR) is 101 cm³/mol. The van der Waals surface area contributed by atoms with Gasteiger partial charge in [0.15, 0.2) is 0 Å². The number of benzene rings is 2. The lowest BCUT2D eigenvalue weighted by Crippen LogP contribution is -2.14. The molecule has 6 nitrogen and oxygen atoms in total. The number of hydrogen-bond donors (Lipinski definition) is 2. The number of nitrogens with one attached hydrogen (secondary N) is 2. The average Bonchev–Trinajstić information content (AvgIpc) is 2.71. The molecule has 2 aromatic carbocycles. The van der Waals surface area contributed by atoms with Crippen molar-refractivity contribution < 1.29 is 23.0 Å². The molecular formula is C20H17F2N3O3. The van der Waals surface area contributed by atoms with Crippen LogP contribution in [0.3, 0.4) is 0 Å². The van der Waals surface area contributed by atoms with Crippen LogP contribution in [0.25, 0.3) is 0 Å². The van der Waals surface area contributed by atoms with E-state index in [4.69, 9.17) is 9.47 Å². The summed E-state index contributed by atoms with van der Waals surface area (Å²) in [7, 11) is 3.00. The molecule has 0 saturated carbocycles. The number of para-hydroxylation sites is 1. The molecular weight excluding hydrogens is 368 g/mol. The first-order valence-electron chi connectivity index (χ1n) is 8.22. The van der Waals surface area contributed by atoms with Crippen LogP contribution in [0.4, 0.5) is 25.8 Å². The molecule has 0 atom stereocenters. The molecule has 1 amide bonds. The number of hydrogen-bond acceptors (Lipinski definition) is 5. The third-order valence-electron chi connectivity index (χ3n) is 3.89. The first-order valence-corrected chi connectivity index (χ1v) is 8.22. The van der Waals surface area contributed by atoms with Crippen LogP contribution in [0, 0.1) is 11.6 Å². The number of carbonyl (C=O) groups excluding carboxylic acids is 1. The van der Waals surface area contributed by atoms with E-state index in [0.29, 0.717) is 22.9 Å². The molecule has 144 valence electrons. The number of anilines is 3. The molecule has 0 unspecified atom stereocenters. The molecule has 2 N–H and O–H groups in total. The van der Waals surface area contributed by atoms with Crippen LogP contribution < -0.4 is 20.1 Å². The zero-order chi connectivity index (χ0) is 20.1. The van der Waals surface area contributed by atoms with E-state index >= 15 is 0 Å². The Hall–Kier alpha value is -3.68. The Kier molecular flexibility index (Phi) is 5.69. The normalized spacial score (nSPS) is 10.3. The van der Waals surface area contributed by atoms with Crippen molar-refractivity contribution in [3.63, 3.8) is 0 Å². The second-order valence-electron chi connectivity index (χ2n) is 5.67. The van der Waals surface area contributed by atoms with Gasteiger partial charge in [-0.25, -0.2) is 13.8 Å². The van der Waals surface area contributed by atoms with Crippen molar-refractivity contribution in [3.8, 4) is 11.5 Å². The Morgan fingerprint density at radius 1 is 1.00 bits per heavy atom. The van der Waals surface area contributed by atoms with E-state index < -0.39 is 17.5 Å². The maximum Gasteiger partial charge on any atom is 0.274 e. The third-order valence-corrected chi connectivity index (χ3v) is 3.89. The van der Waals surface area contributed by atoms with Crippen LogP contribution in [0.15, 0.2) is 54.7 Å². The van der Waals surface area contributed by atoms with Crippen molar-refractivity contribution in [1.82, 2.24) is 4.98 Å². The van der Waals surface area contributed by atoms with Gasteiger partial charge in [-0.1, -0.05) is 6.07 Å². The van der Waals surface area contributed by atoms with E-state index in [0.717, 1.165) is 12.1 Å². The van der Waals surface area contributed by atoms with Gasteiger partial charge in [-0.2, -0.15) is 0 Å². The lowest BCUT2D eigenvalue weighted by atomic mass is 10.2. The molecule has 0 spiro atoms. The van der Waals surface area contributed by atoms with Crippen molar-refractivity contribution in [1.29, 1.82) is 0 Å². The smallest absolute Gasteiger partial charge is 0.274 e. The number of carbonyl (C=O) groups is 1. The van der Waals surface area contributed by atoms with Crippen molar-refractivity contribution in [2.45, 2.75) is 0 Å². The summed E-state index contributed by atoms with van der Waals surface area (Å²) in [6.45, 7) is 0. The van der Waals surface area contributed by atoms with E-state index in [1.807, 2.05) is 0 Å². The minimum atomic E-state index is -0.728. The van der Waals surface area contributed by atoms with Crippen LogP contribution in [0.5, 0.6) is 11.5 Å². The Balaban J connectivity index is 1.74. The largest absolute Gasteiger partial charge is 0.497 e. The Bertz CT molecular complexity index is 974. The first kappa shape index (κ1) is 19.1. The monoisotopic (exact) mass is 385 g/mol. The van der Waals surface area contributed by atoms with Gasteiger partial charge >= 0.3 is 0 Å². The van der Waals surface area contributed by atoms with Gasteiger partial charge in [0, 0.05) is 6.07 Å². The zero-order valence-electron chi connectivity index (χ0n) is 15.1. The van der Waals surface area contributed by atoms with Crippen molar-refractivity contribution >= 4 is 23.0 Å². The summed E-state index contributed by atoms with van der Waals surface area (Å²) in [5, 5.41) is 5.30. The predicted octanol–water partition coefficient (Wildman–Crippen LogP) is 4.37. The summed E-state index contributed by atoms with van der Waals surface area (Å²) in [5.41, 5.74) is 0.621. The van der Waals surface area contributed by atoms with E-state index in [2.05, 4.69) is 15.6 Å². The maximum absolute atomic E-state index is 13.7. The molecule has 0 aliphatic carbocycles. The Morgan fingerprint density at radius 3 is 2.36 bits per heavy atom. The number of methoxy groups -OCH3 is 2. The Morgan fingerprint density at radius 2 is 1.75 bits per heavy atom. The highest BCUT2D eigenvalue weighted by Crippen LogP contribution is 2.29. The van der Waals surface area contributed by atoms with E-state index in [1.165, 1.54) is 38.6 Å². The molecule has 3 aromatic rings. The van der Waals surface area contributed by atoms with Gasteiger partial charge in [0.05, 0.1) is 31.8 Å². The number of nitrogens with zero attached hydrogens (tertiary/aromatic N) is 1. The van der Waals surface area contributed by atoms with Gasteiger partial charge in [0.1, 0.15) is 34.5 Å². The summed E-state index contributed by atoms with van der Waals surface area (Å²) >= 11 is 0. The highest BCUT2D eigenvalue weighted by atomic mass is 19.1. The number of pyridine rings is 1. The molecule has 0 bridgehead atoms. The molecule has 1 heterocycles. The van der Waals surface area contributed by atoms with E-state index in [1.54, 1.807) is 18.2 Å². The van der Waals surface area contributed by atoms with Gasteiger partial charge in [0.25, 0.3) is 5.91 Å². The number of ether oxygens (including phenoxy) is 2. The zero-order valence-corrected chi connectivity index (χ0v) is 15.1. The minimum absolute atomic E-state index is 0.123. The quantitative estimate of drug-likeness (QED) is 0.659. The molecule has 0 fully saturated rings. The summed E-state index contributed by atoms with van der Waals surface area (Å²) in [4.78, 5) is 16.4. The topological polar surface area (TPSA) is 72.5 Å². The van der Waals surface area contributed by atoms with Gasteiger partial charge < -0.3 is 20.1 Å². The molecule has 28 heavy (non-hydrogen) atoms. The summed E-state index contributed by atoms with van der Waals surface area (Å²) < 4.78 is 37.8. The molecule has 0 aliphatic rings. The van der Waals surface area contributed by atoms with Crippen LogP contribution >= 0.6 is 0 Å². The van der Waals surface area contributed by atoms with E-state index in [9.17, 15) is 13.6 Å². The molecule has 0 aliphatic heterocycles. The summed E-state index contributed by atoms with van der Waals surface area (Å²) in [6, 6.07) is 11.5. The standard InChI is InChI=1S/C20H17F2N3O3/c1-27-13-7-9-16(18(10-13)28-2)25-20(26)17-8-6-12(11-23-17)24-19-14(21)4-3-5-15(19)22/h3-11,24H,1-2H3,(H,25,26). The third kappa shape index (κ3) is 4.17. The van der Waals surface area contributed by atoms with Crippen molar-refractivity contribution in [3.05, 3.63) is 72.1 Å². The van der Waals surface area contributed by atoms with Gasteiger partial charge in [0.2, 0.25) is 0 Å². The first-order chi connectivity index (χ1) is 13.5. The van der Waals surface area contributed by atoms with E-state index in [-0.39, 0.29) is 11.4 Å². The maximum atomic E-state index is 13.7. The fourth-order valence-corrected chi connectivity index (χ4v) is 2.45. The minimum Gasteiger partial charge on any atom is -0.497 e. The molecule has 3 rings (SSSR count). The Labute approximate surface area is 160 Å². The van der Waals surface area contributed by atoms with Crippen LogP contribution in [0.1, 0.15) is 10.5 Å². The molecule has 0 radical (unpaired) electrons. The number of rotatable bonds is 6. The summed E-state index contributed by atoms with van der Waals surface area (Å²) in [6.07, 6.45) is 1.31. The van der Waals surface area contributed by atoms with Crippen LogP contribution in [0.2, 0.25) is 0 Å². The second-order valence-corrected chi connectivity index (χ2v) is 5.67. The second kappa shape index (κ2) is 8.34. The fourth-order valence-electron chi connectivity index (χ4n) is 2.45. The van der Waals surface area contributed by atoms with Crippen molar-refractivity contribution in [2.75, 3.05) is 24.9 Å². The molecule has 8 heteroatoms. The number of amides is 1. The highest BCUT2D eigenvalue weighted by Gasteiger charge is 2.13. The average molecular weight is 385 g/mol. The molecule has 1 aromatic heterocycles. The van der Waals surface area contributed by atoms with Gasteiger partial charge in [-0.15, -0.1) is 0 Å². The lowest BCUT2D eigenvalue weighted by Gasteiger charge is -2.12. The SMILES string of the molecule is COc1ccc(NC(=O)c2ccc(Nc3c(F)cccc3F)cn2)c(OC)c1. The van der Waals surface area contributed by atoms with Gasteiger partial charge in [-0.05, 0) is 36.4 Å². The van der Waals surface area contributed by atoms with Crippen molar-refractivity contribution in [2.24, 2.45) is 0 Å². The summed E-state index contributed by atoms with van der Waals surface area (Å²) in [5.74, 6) is -0.904. The number of halogens is 2. The lowest BCUT2D eigenvalue weighted by molar-refractivity contribution is 0.102. The van der Waals surface area contributed by atoms with Gasteiger partial charge in [-0.3, -0.25) is 4.79 Å². The van der Waals surface area contributed by atoms with Crippen LogP contribution in [-0.2, 0) is 0 Å². The van der Waals surface area contributed by atoms with Crippen LogP contribution in [-0.4, -0.2) is 25.1 Å². The highest BCUT2D eigenvalue weighted by molar-refractivity contribution is 6.03. The number of aromatic nitrogens is 1. The fraction of sp³-hybridized carbons (Fsp3) is 0.100.